The van der Waals surface area contributed by atoms with Gasteiger partial charge in [0.25, 0.3) is 0 Å². The molecule has 0 unspecified atom stereocenters. The molecule has 0 saturated carbocycles. The van der Waals surface area contributed by atoms with Gasteiger partial charge in [0.1, 0.15) is 29.0 Å². The van der Waals surface area contributed by atoms with Crippen molar-refractivity contribution in [2.24, 2.45) is 5.73 Å². The zero-order valence-electron chi connectivity index (χ0n) is 15.7. The van der Waals surface area contributed by atoms with Gasteiger partial charge in [-0.2, -0.15) is 0 Å². The first-order valence-electron chi connectivity index (χ1n) is 9.48. The van der Waals surface area contributed by atoms with Gasteiger partial charge in [-0.1, -0.05) is 12.1 Å². The molecule has 0 spiro atoms. The van der Waals surface area contributed by atoms with E-state index in [4.69, 9.17) is 25.7 Å². The average Bonchev–Trinajstić information content (AvgIpc) is 3.33. The maximum absolute atomic E-state index is 7.54. The standard InChI is InChI=1S/C22H24N4O2/c23-14-26-10-9-20(13-26)27-18-5-1-15(2-6-18)3-7-19-12-17-11-16(22(24)25)4-8-21(17)28-19/h1-2,4-6,8,11-12,14,20,23H,3,7,9-10,13H2,(H3,24,25)/t20-/m0/s1. The summed E-state index contributed by atoms with van der Waals surface area (Å²) >= 11 is 0. The van der Waals surface area contributed by atoms with Crippen LogP contribution in [-0.2, 0) is 12.8 Å². The summed E-state index contributed by atoms with van der Waals surface area (Å²) in [6, 6.07) is 15.8. The molecular formula is C22H24N4O2. The molecule has 6 heteroatoms. The molecule has 4 rings (SSSR count). The first-order valence-corrected chi connectivity index (χ1v) is 9.48. The smallest absolute Gasteiger partial charge is 0.134 e. The quantitative estimate of drug-likeness (QED) is 0.434. The number of nitrogen functional groups attached to an aromatic ring is 1. The van der Waals surface area contributed by atoms with Crippen LogP contribution in [0.4, 0.5) is 0 Å². The fraction of sp³-hybridized carbons (Fsp3) is 0.273. The van der Waals surface area contributed by atoms with Crippen molar-refractivity contribution in [3.63, 3.8) is 0 Å². The maximum Gasteiger partial charge on any atom is 0.134 e. The minimum atomic E-state index is 0.0649. The Balaban J connectivity index is 1.35. The predicted octanol–water partition coefficient (Wildman–Crippen LogP) is 3.56. The summed E-state index contributed by atoms with van der Waals surface area (Å²) in [5.74, 6) is 1.87. The van der Waals surface area contributed by atoms with E-state index < -0.39 is 0 Å². The van der Waals surface area contributed by atoms with Crippen LogP contribution in [0.3, 0.4) is 0 Å². The van der Waals surface area contributed by atoms with Gasteiger partial charge in [-0.15, -0.1) is 0 Å². The molecular weight excluding hydrogens is 352 g/mol. The van der Waals surface area contributed by atoms with Crippen molar-refractivity contribution in [1.29, 1.82) is 10.8 Å². The zero-order chi connectivity index (χ0) is 19.5. The van der Waals surface area contributed by atoms with E-state index in [-0.39, 0.29) is 11.9 Å². The molecule has 144 valence electrons. The van der Waals surface area contributed by atoms with Crippen LogP contribution in [0.25, 0.3) is 11.0 Å². The summed E-state index contributed by atoms with van der Waals surface area (Å²) in [7, 11) is 0. The molecule has 1 saturated heterocycles. The second-order valence-electron chi connectivity index (χ2n) is 7.18. The summed E-state index contributed by atoms with van der Waals surface area (Å²) in [5, 5.41) is 15.8. The van der Waals surface area contributed by atoms with Gasteiger partial charge in [-0.3, -0.25) is 10.8 Å². The van der Waals surface area contributed by atoms with Crippen molar-refractivity contribution in [3.05, 3.63) is 65.4 Å². The molecule has 1 aliphatic heterocycles. The lowest BCUT2D eigenvalue weighted by molar-refractivity contribution is 0.215. The second-order valence-corrected chi connectivity index (χ2v) is 7.18. The van der Waals surface area contributed by atoms with Gasteiger partial charge in [0.2, 0.25) is 0 Å². The number of fused-ring (bicyclic) bond motifs is 1. The molecule has 0 bridgehead atoms. The topological polar surface area (TPSA) is 99.3 Å². The fourth-order valence-corrected chi connectivity index (χ4v) is 3.55. The fourth-order valence-electron chi connectivity index (χ4n) is 3.55. The van der Waals surface area contributed by atoms with Crippen LogP contribution in [0.15, 0.2) is 52.9 Å². The van der Waals surface area contributed by atoms with Gasteiger partial charge in [0.15, 0.2) is 0 Å². The van der Waals surface area contributed by atoms with Crippen LogP contribution in [0, 0.1) is 10.8 Å². The number of ether oxygens (including phenoxy) is 1. The molecule has 1 aromatic heterocycles. The van der Waals surface area contributed by atoms with E-state index in [1.807, 2.05) is 41.3 Å². The number of amidine groups is 1. The van der Waals surface area contributed by atoms with E-state index in [1.165, 1.54) is 11.9 Å². The SMILES string of the molecule is N=CN1CC[C@H](Oc2ccc(CCc3cc4cc(C(=N)N)ccc4o3)cc2)C1. The van der Waals surface area contributed by atoms with Crippen molar-refractivity contribution in [2.75, 3.05) is 13.1 Å². The molecule has 28 heavy (non-hydrogen) atoms. The third-order valence-corrected chi connectivity index (χ3v) is 5.12. The minimum Gasteiger partial charge on any atom is -0.489 e. The number of nitrogens with two attached hydrogens (primary N) is 1. The van der Waals surface area contributed by atoms with Gasteiger partial charge in [0.05, 0.1) is 12.9 Å². The van der Waals surface area contributed by atoms with E-state index in [2.05, 4.69) is 12.1 Å². The van der Waals surface area contributed by atoms with Crippen molar-refractivity contribution in [1.82, 2.24) is 4.90 Å². The summed E-state index contributed by atoms with van der Waals surface area (Å²) in [5.41, 5.74) is 8.31. The van der Waals surface area contributed by atoms with Crippen molar-refractivity contribution < 1.29 is 9.15 Å². The Hall–Kier alpha value is -3.28. The molecule has 1 fully saturated rings. The van der Waals surface area contributed by atoms with Crippen LogP contribution in [0.5, 0.6) is 5.75 Å². The van der Waals surface area contributed by atoms with Gasteiger partial charge < -0.3 is 19.8 Å². The number of nitrogens with one attached hydrogen (secondary N) is 2. The Labute approximate surface area is 163 Å². The van der Waals surface area contributed by atoms with Crippen LogP contribution < -0.4 is 10.5 Å². The van der Waals surface area contributed by atoms with Crippen LogP contribution in [-0.4, -0.2) is 36.3 Å². The number of benzene rings is 2. The highest BCUT2D eigenvalue weighted by atomic mass is 16.5. The molecule has 0 amide bonds. The van der Waals surface area contributed by atoms with Crippen molar-refractivity contribution >= 4 is 23.1 Å². The lowest BCUT2D eigenvalue weighted by atomic mass is 10.1. The number of furan rings is 1. The summed E-state index contributed by atoms with van der Waals surface area (Å²) in [6.07, 6.45) is 4.18. The lowest BCUT2D eigenvalue weighted by Gasteiger charge is -2.14. The predicted molar refractivity (Wildman–Crippen MR) is 110 cm³/mol. The van der Waals surface area contributed by atoms with Crippen molar-refractivity contribution in [3.8, 4) is 5.75 Å². The highest BCUT2D eigenvalue weighted by Crippen LogP contribution is 2.23. The van der Waals surface area contributed by atoms with E-state index in [0.29, 0.717) is 5.56 Å². The Morgan fingerprint density at radius 3 is 2.71 bits per heavy atom. The number of hydrogen-bond donors (Lipinski definition) is 3. The normalized spacial score (nSPS) is 16.4. The summed E-state index contributed by atoms with van der Waals surface area (Å²) in [6.45, 7) is 1.67. The number of hydrogen-bond acceptors (Lipinski definition) is 4. The number of likely N-dealkylation sites (tertiary alicyclic amines) is 1. The maximum atomic E-state index is 7.54. The van der Waals surface area contributed by atoms with Gasteiger partial charge >= 0.3 is 0 Å². The Morgan fingerprint density at radius 1 is 1.18 bits per heavy atom. The first-order chi connectivity index (χ1) is 13.6. The zero-order valence-corrected chi connectivity index (χ0v) is 15.7. The third-order valence-electron chi connectivity index (χ3n) is 5.12. The summed E-state index contributed by atoms with van der Waals surface area (Å²) in [4.78, 5) is 1.96. The van der Waals surface area contributed by atoms with Crippen LogP contribution >= 0.6 is 0 Å². The van der Waals surface area contributed by atoms with Crippen molar-refractivity contribution in [2.45, 2.75) is 25.4 Å². The second kappa shape index (κ2) is 7.76. The van der Waals surface area contributed by atoms with E-state index in [9.17, 15) is 0 Å². The molecule has 2 heterocycles. The van der Waals surface area contributed by atoms with E-state index in [1.54, 1.807) is 0 Å². The van der Waals surface area contributed by atoms with Crippen LogP contribution in [0.2, 0.25) is 0 Å². The molecule has 2 aromatic carbocycles. The molecule has 0 radical (unpaired) electrons. The number of aryl methyl sites for hydroxylation is 2. The Kier molecular flexibility index (Phi) is 5.02. The Morgan fingerprint density at radius 2 is 2.00 bits per heavy atom. The third kappa shape index (κ3) is 4.01. The summed E-state index contributed by atoms with van der Waals surface area (Å²) < 4.78 is 11.9. The molecule has 6 nitrogen and oxygen atoms in total. The highest BCUT2D eigenvalue weighted by molar-refractivity contribution is 5.98. The first kappa shape index (κ1) is 18.1. The molecule has 0 aliphatic carbocycles. The molecule has 1 atom stereocenters. The molecule has 1 aliphatic rings. The lowest BCUT2D eigenvalue weighted by Crippen LogP contribution is -2.23. The number of rotatable bonds is 7. The Bertz CT molecular complexity index is 993. The van der Waals surface area contributed by atoms with E-state index in [0.717, 1.165) is 54.8 Å². The minimum absolute atomic E-state index is 0.0649. The average molecular weight is 376 g/mol. The van der Waals surface area contributed by atoms with Gasteiger partial charge in [0, 0.05) is 30.3 Å². The largest absolute Gasteiger partial charge is 0.489 e. The highest BCUT2D eigenvalue weighted by Gasteiger charge is 2.21. The number of nitrogens with zero attached hydrogens (tertiary/aromatic N) is 1. The monoisotopic (exact) mass is 376 g/mol. The van der Waals surface area contributed by atoms with Gasteiger partial charge in [-0.25, -0.2) is 0 Å². The van der Waals surface area contributed by atoms with Crippen LogP contribution in [0.1, 0.15) is 23.3 Å². The molecule has 4 N–H and O–H groups in total. The molecule has 3 aromatic rings. The van der Waals surface area contributed by atoms with E-state index >= 15 is 0 Å². The van der Waals surface area contributed by atoms with Gasteiger partial charge in [-0.05, 0) is 48.4 Å².